The van der Waals surface area contributed by atoms with E-state index in [4.69, 9.17) is 9.84 Å². The van der Waals surface area contributed by atoms with E-state index in [2.05, 4.69) is 29.7 Å². The zero-order valence-electron chi connectivity index (χ0n) is 18.1. The molecule has 0 bridgehead atoms. The van der Waals surface area contributed by atoms with Gasteiger partial charge in [0.25, 0.3) is 5.91 Å². The molecule has 6 nitrogen and oxygen atoms in total. The summed E-state index contributed by atoms with van der Waals surface area (Å²) in [5.41, 5.74) is 4.05. The molecule has 1 amide bonds. The molecule has 0 aromatic heterocycles. The molecule has 1 aliphatic rings. The molecule has 168 valence electrons. The molecule has 1 saturated heterocycles. The Morgan fingerprint density at radius 2 is 1.70 bits per heavy atom. The zero-order valence-corrected chi connectivity index (χ0v) is 18.9. The number of carboxylic acid groups (broad SMARTS) is 1. The molecular formula is C26H24N2O4S. The van der Waals surface area contributed by atoms with Gasteiger partial charge >= 0.3 is 5.97 Å². The standard InChI is InChI=1S/C26H24N2O4S/c1-2-17-5-11-21(12-6-17)27-26-28-24(29)23(33-26)15-18-7-13-22(14-8-18)32-16-19-3-9-20(10-4-19)25(30)31/h3-15,26-27H,2,16H2,1H3,(H,28,29)(H,30,31)/b23-15-/t26-/m0/s1. The molecule has 1 aliphatic heterocycles. The highest BCUT2D eigenvalue weighted by Gasteiger charge is 2.27. The third kappa shape index (κ3) is 5.96. The molecule has 7 heteroatoms. The van der Waals surface area contributed by atoms with Gasteiger partial charge in [-0.2, -0.15) is 0 Å². The van der Waals surface area contributed by atoms with Crippen LogP contribution in [0, 0.1) is 0 Å². The van der Waals surface area contributed by atoms with Crippen LogP contribution < -0.4 is 15.4 Å². The van der Waals surface area contributed by atoms with E-state index >= 15 is 0 Å². The molecule has 0 spiro atoms. The predicted molar refractivity (Wildman–Crippen MR) is 131 cm³/mol. The summed E-state index contributed by atoms with van der Waals surface area (Å²) in [6.07, 6.45) is 2.85. The molecule has 1 atom stereocenters. The summed E-state index contributed by atoms with van der Waals surface area (Å²) in [4.78, 5) is 23.9. The number of ether oxygens (including phenoxy) is 1. The van der Waals surface area contributed by atoms with Gasteiger partial charge in [0.15, 0.2) is 5.50 Å². The Hall–Kier alpha value is -3.71. The highest BCUT2D eigenvalue weighted by atomic mass is 32.2. The number of carbonyl (C=O) groups is 2. The molecule has 3 aromatic rings. The van der Waals surface area contributed by atoms with E-state index in [0.29, 0.717) is 17.3 Å². The van der Waals surface area contributed by atoms with Crippen LogP contribution in [0.4, 0.5) is 5.69 Å². The zero-order chi connectivity index (χ0) is 23.2. The first-order valence-corrected chi connectivity index (χ1v) is 11.5. The van der Waals surface area contributed by atoms with Crippen LogP contribution in [0.15, 0.2) is 77.7 Å². The number of aromatic carboxylic acids is 1. The summed E-state index contributed by atoms with van der Waals surface area (Å²) >= 11 is 1.45. The smallest absolute Gasteiger partial charge is 0.335 e. The van der Waals surface area contributed by atoms with Gasteiger partial charge in [0.2, 0.25) is 0 Å². The summed E-state index contributed by atoms with van der Waals surface area (Å²) in [5.74, 6) is -0.361. The molecule has 0 unspecified atom stereocenters. The number of hydrogen-bond acceptors (Lipinski definition) is 5. The van der Waals surface area contributed by atoms with E-state index in [0.717, 1.165) is 23.2 Å². The van der Waals surface area contributed by atoms with E-state index in [1.165, 1.54) is 17.3 Å². The summed E-state index contributed by atoms with van der Waals surface area (Å²) in [7, 11) is 0. The molecule has 1 heterocycles. The van der Waals surface area contributed by atoms with Gasteiger partial charge in [0, 0.05) is 5.69 Å². The molecule has 1 fully saturated rings. The summed E-state index contributed by atoms with van der Waals surface area (Å²) in [6, 6.07) is 22.3. The van der Waals surface area contributed by atoms with Crippen LogP contribution in [0.3, 0.4) is 0 Å². The third-order valence-corrected chi connectivity index (χ3v) is 6.20. The molecule has 33 heavy (non-hydrogen) atoms. The van der Waals surface area contributed by atoms with Crippen molar-refractivity contribution < 1.29 is 19.4 Å². The fraction of sp³-hybridized carbons (Fsp3) is 0.154. The highest BCUT2D eigenvalue weighted by molar-refractivity contribution is 8.05. The van der Waals surface area contributed by atoms with Crippen molar-refractivity contribution >= 4 is 35.4 Å². The minimum atomic E-state index is -0.950. The van der Waals surface area contributed by atoms with E-state index in [1.807, 2.05) is 42.5 Å². The fourth-order valence-electron chi connectivity index (χ4n) is 3.28. The number of aryl methyl sites for hydroxylation is 1. The molecule has 3 N–H and O–H groups in total. The van der Waals surface area contributed by atoms with Gasteiger partial charge in [-0.15, -0.1) is 0 Å². The first kappa shape index (κ1) is 22.5. The van der Waals surface area contributed by atoms with Crippen LogP contribution in [0.2, 0.25) is 0 Å². The molecule has 0 saturated carbocycles. The van der Waals surface area contributed by atoms with Crippen LogP contribution in [0.5, 0.6) is 5.75 Å². The Bertz CT molecular complexity index is 1160. The number of anilines is 1. The van der Waals surface area contributed by atoms with E-state index in [9.17, 15) is 9.59 Å². The first-order chi connectivity index (χ1) is 16.0. The average molecular weight is 461 g/mol. The normalized spacial score (nSPS) is 16.5. The maximum Gasteiger partial charge on any atom is 0.335 e. The van der Waals surface area contributed by atoms with Crippen molar-refractivity contribution in [1.82, 2.24) is 5.32 Å². The van der Waals surface area contributed by atoms with E-state index in [1.54, 1.807) is 24.3 Å². The number of hydrogen-bond donors (Lipinski definition) is 3. The number of nitrogens with one attached hydrogen (secondary N) is 2. The molecular weight excluding hydrogens is 436 g/mol. The number of rotatable bonds is 8. The van der Waals surface area contributed by atoms with Gasteiger partial charge in [-0.3, -0.25) is 4.79 Å². The highest BCUT2D eigenvalue weighted by Crippen LogP contribution is 2.30. The second-order valence-electron chi connectivity index (χ2n) is 7.53. The van der Waals surface area contributed by atoms with Crippen molar-refractivity contribution in [1.29, 1.82) is 0 Å². The van der Waals surface area contributed by atoms with Gasteiger partial charge in [-0.05, 0) is 65.6 Å². The Kier molecular flexibility index (Phi) is 7.00. The van der Waals surface area contributed by atoms with Gasteiger partial charge in [-0.1, -0.05) is 55.1 Å². The Balaban J connectivity index is 1.32. The van der Waals surface area contributed by atoms with Crippen molar-refractivity contribution in [3.63, 3.8) is 0 Å². The lowest BCUT2D eigenvalue weighted by atomic mass is 10.1. The average Bonchev–Trinajstić information content (AvgIpc) is 3.17. The summed E-state index contributed by atoms with van der Waals surface area (Å²) in [6.45, 7) is 2.46. The minimum Gasteiger partial charge on any atom is -0.489 e. The van der Waals surface area contributed by atoms with Crippen molar-refractivity contribution in [3.8, 4) is 5.75 Å². The molecule has 0 aliphatic carbocycles. The van der Waals surface area contributed by atoms with Crippen LogP contribution in [-0.4, -0.2) is 22.5 Å². The maximum absolute atomic E-state index is 12.4. The van der Waals surface area contributed by atoms with Gasteiger partial charge in [0.1, 0.15) is 12.4 Å². The fourth-order valence-corrected chi connectivity index (χ4v) is 4.26. The van der Waals surface area contributed by atoms with Crippen molar-refractivity contribution in [2.75, 3.05) is 5.32 Å². The third-order valence-electron chi connectivity index (χ3n) is 5.17. The SMILES string of the molecule is CCc1ccc(N[C@H]2NC(=O)/C(=C/c3ccc(OCc4ccc(C(=O)O)cc4)cc3)S2)cc1. The maximum atomic E-state index is 12.4. The number of carbonyl (C=O) groups excluding carboxylic acids is 1. The lowest BCUT2D eigenvalue weighted by Crippen LogP contribution is -2.30. The van der Waals surface area contributed by atoms with Crippen LogP contribution in [-0.2, 0) is 17.8 Å². The largest absolute Gasteiger partial charge is 0.489 e. The van der Waals surface area contributed by atoms with Gasteiger partial charge < -0.3 is 20.5 Å². The Morgan fingerprint density at radius 1 is 1.03 bits per heavy atom. The van der Waals surface area contributed by atoms with E-state index in [-0.39, 0.29) is 17.0 Å². The molecule has 0 radical (unpaired) electrons. The van der Waals surface area contributed by atoms with Crippen LogP contribution in [0.1, 0.15) is 34.0 Å². The number of carboxylic acids is 1. The second kappa shape index (κ2) is 10.3. The lowest BCUT2D eigenvalue weighted by molar-refractivity contribution is -0.116. The number of amides is 1. The summed E-state index contributed by atoms with van der Waals surface area (Å²) in [5, 5.41) is 15.2. The molecule has 3 aromatic carbocycles. The predicted octanol–water partition coefficient (Wildman–Crippen LogP) is 5.13. The first-order valence-electron chi connectivity index (χ1n) is 10.6. The van der Waals surface area contributed by atoms with Crippen molar-refractivity contribution in [2.45, 2.75) is 25.4 Å². The second-order valence-corrected chi connectivity index (χ2v) is 8.68. The number of thioether (sulfide) groups is 1. The molecule has 4 rings (SSSR count). The van der Waals surface area contributed by atoms with Crippen LogP contribution >= 0.6 is 11.8 Å². The Morgan fingerprint density at radius 3 is 2.33 bits per heavy atom. The lowest BCUT2D eigenvalue weighted by Gasteiger charge is -2.12. The summed E-state index contributed by atoms with van der Waals surface area (Å²) < 4.78 is 5.78. The van der Waals surface area contributed by atoms with Crippen molar-refractivity contribution in [3.05, 3.63) is 100.0 Å². The van der Waals surface area contributed by atoms with Crippen molar-refractivity contribution in [2.24, 2.45) is 0 Å². The van der Waals surface area contributed by atoms with Gasteiger partial charge in [0.05, 0.1) is 10.5 Å². The quantitative estimate of drug-likeness (QED) is 0.404. The number of benzene rings is 3. The van der Waals surface area contributed by atoms with Gasteiger partial charge in [-0.25, -0.2) is 4.79 Å². The van der Waals surface area contributed by atoms with Crippen LogP contribution in [0.25, 0.3) is 6.08 Å². The van der Waals surface area contributed by atoms with E-state index < -0.39 is 5.97 Å². The Labute approximate surface area is 196 Å². The minimum absolute atomic E-state index is 0.104. The topological polar surface area (TPSA) is 87.7 Å². The monoisotopic (exact) mass is 460 g/mol.